The van der Waals surface area contributed by atoms with Gasteiger partial charge in [-0.2, -0.15) is 0 Å². The molecule has 0 aliphatic rings. The van der Waals surface area contributed by atoms with Crippen LogP contribution in [0.25, 0.3) is 0 Å². The number of rotatable bonds is 4. The Morgan fingerprint density at radius 3 is 2.72 bits per heavy atom. The summed E-state index contributed by atoms with van der Waals surface area (Å²) in [4.78, 5) is 11.4. The molecule has 0 saturated carbocycles. The molecule has 0 unspecified atom stereocenters. The van der Waals surface area contributed by atoms with Gasteiger partial charge in [-0.1, -0.05) is 17.7 Å². The maximum absolute atomic E-state index is 11.4. The molecule has 0 spiro atoms. The fourth-order valence-corrected chi connectivity index (χ4v) is 1.51. The molecule has 0 saturated heterocycles. The van der Waals surface area contributed by atoms with E-state index in [1.165, 1.54) is 6.26 Å². The van der Waals surface area contributed by atoms with E-state index in [0.717, 1.165) is 11.3 Å². The normalized spacial score (nSPS) is 10.1. The summed E-state index contributed by atoms with van der Waals surface area (Å²) >= 11 is 0. The summed E-state index contributed by atoms with van der Waals surface area (Å²) in [6.45, 7) is 2.26. The van der Waals surface area contributed by atoms with E-state index in [0.29, 0.717) is 5.56 Å². The Kier molecular flexibility index (Phi) is 3.64. The number of nitrogens with one attached hydrogen (secondary N) is 1. The molecule has 1 heterocycles. The van der Waals surface area contributed by atoms with Gasteiger partial charge in [0.25, 0.3) is 0 Å². The predicted octanol–water partition coefficient (Wildman–Crippen LogP) is 1.77. The van der Waals surface area contributed by atoms with Crippen molar-refractivity contribution in [3.8, 4) is 5.75 Å². The van der Waals surface area contributed by atoms with Gasteiger partial charge in [-0.05, 0) is 25.1 Å². The minimum absolute atomic E-state index is 0.171. The minimum atomic E-state index is -0.470. The van der Waals surface area contributed by atoms with E-state index in [2.05, 4.69) is 0 Å². The minimum Gasteiger partial charge on any atom is -0.489 e. The molecule has 2 rings (SSSR count). The summed E-state index contributed by atoms with van der Waals surface area (Å²) in [6.07, 6.45) is 1.43. The first-order chi connectivity index (χ1) is 8.70. The van der Waals surface area contributed by atoms with Crippen molar-refractivity contribution in [3.63, 3.8) is 0 Å². The van der Waals surface area contributed by atoms with Crippen LogP contribution in [0, 0.1) is 6.92 Å². The number of carbonyl (C=O) groups is 1. The molecule has 5 heteroatoms. The van der Waals surface area contributed by atoms with Crippen LogP contribution < -0.4 is 16.0 Å². The highest BCUT2D eigenvalue weighted by Crippen LogP contribution is 2.16. The van der Waals surface area contributed by atoms with Crippen LogP contribution >= 0.6 is 0 Å². The maximum Gasteiger partial charge on any atom is 0.301 e. The largest absolute Gasteiger partial charge is 0.489 e. The lowest BCUT2D eigenvalue weighted by molar-refractivity contribution is 0.0922. The number of nitrogens with two attached hydrogens (primary N) is 1. The third-order valence-electron chi connectivity index (χ3n) is 2.50. The number of hydrazine groups is 1. The summed E-state index contributed by atoms with van der Waals surface area (Å²) in [6, 6.07) is 9.34. The van der Waals surface area contributed by atoms with Gasteiger partial charge in [0.15, 0.2) is 5.76 Å². The van der Waals surface area contributed by atoms with Gasteiger partial charge in [-0.15, -0.1) is 0 Å². The zero-order chi connectivity index (χ0) is 13.0. The van der Waals surface area contributed by atoms with E-state index in [4.69, 9.17) is 15.0 Å². The van der Waals surface area contributed by atoms with E-state index in [9.17, 15) is 4.79 Å². The second-order valence-corrected chi connectivity index (χ2v) is 3.85. The lowest BCUT2D eigenvalue weighted by atomic mass is 10.2. The predicted molar refractivity (Wildman–Crippen MR) is 65.9 cm³/mol. The zero-order valence-electron chi connectivity index (χ0n) is 9.97. The van der Waals surface area contributed by atoms with Crippen molar-refractivity contribution < 1.29 is 13.9 Å². The number of nitrogen functional groups attached to an aromatic ring is 1. The van der Waals surface area contributed by atoms with Crippen LogP contribution in [0.15, 0.2) is 41.0 Å². The molecule has 18 heavy (non-hydrogen) atoms. The van der Waals surface area contributed by atoms with Gasteiger partial charge >= 0.3 is 5.91 Å². The SMILES string of the molecule is Cc1ccc(OCc2ccoc2C(=O)NN)cc1. The average Bonchev–Trinajstić information content (AvgIpc) is 2.85. The smallest absolute Gasteiger partial charge is 0.301 e. The fraction of sp³-hybridized carbons (Fsp3) is 0.154. The van der Waals surface area contributed by atoms with Gasteiger partial charge < -0.3 is 9.15 Å². The molecule has 0 fully saturated rings. The summed E-state index contributed by atoms with van der Waals surface area (Å²) in [5.41, 5.74) is 3.84. The topological polar surface area (TPSA) is 77.5 Å². The number of hydrogen-bond donors (Lipinski definition) is 2. The van der Waals surface area contributed by atoms with E-state index >= 15 is 0 Å². The number of benzene rings is 1. The molecule has 2 aromatic rings. The lowest BCUT2D eigenvalue weighted by Gasteiger charge is -2.06. The second-order valence-electron chi connectivity index (χ2n) is 3.85. The van der Waals surface area contributed by atoms with E-state index in [1.807, 2.05) is 36.6 Å². The maximum atomic E-state index is 11.4. The van der Waals surface area contributed by atoms with Crippen LogP contribution in [0.1, 0.15) is 21.7 Å². The van der Waals surface area contributed by atoms with E-state index < -0.39 is 5.91 Å². The Labute approximate surface area is 105 Å². The molecule has 0 aliphatic carbocycles. The van der Waals surface area contributed by atoms with Crippen molar-refractivity contribution >= 4 is 5.91 Å². The van der Waals surface area contributed by atoms with Gasteiger partial charge in [0.05, 0.1) is 6.26 Å². The van der Waals surface area contributed by atoms with Gasteiger partial charge in [-0.3, -0.25) is 10.2 Å². The van der Waals surface area contributed by atoms with Gasteiger partial charge in [-0.25, -0.2) is 5.84 Å². The van der Waals surface area contributed by atoms with Crippen molar-refractivity contribution in [3.05, 3.63) is 53.5 Å². The summed E-state index contributed by atoms with van der Waals surface area (Å²) in [5, 5.41) is 0. The Morgan fingerprint density at radius 2 is 2.06 bits per heavy atom. The Balaban J connectivity index is 2.04. The number of amides is 1. The van der Waals surface area contributed by atoms with Crippen LogP contribution in [-0.4, -0.2) is 5.91 Å². The Hall–Kier alpha value is -2.27. The summed E-state index contributed by atoms with van der Waals surface area (Å²) < 4.78 is 10.6. The van der Waals surface area contributed by atoms with Crippen LogP contribution in [0.4, 0.5) is 0 Å². The highest BCUT2D eigenvalue weighted by molar-refractivity contribution is 5.92. The highest BCUT2D eigenvalue weighted by Gasteiger charge is 2.14. The van der Waals surface area contributed by atoms with E-state index in [1.54, 1.807) is 6.07 Å². The molecular formula is C13H14N2O3. The molecule has 94 valence electrons. The third-order valence-corrected chi connectivity index (χ3v) is 2.50. The monoisotopic (exact) mass is 246 g/mol. The van der Waals surface area contributed by atoms with Crippen LogP contribution in [0.3, 0.4) is 0 Å². The van der Waals surface area contributed by atoms with Crippen LogP contribution in [0.2, 0.25) is 0 Å². The molecule has 0 atom stereocenters. The second kappa shape index (κ2) is 5.37. The Bertz CT molecular complexity index is 531. The first kappa shape index (κ1) is 12.2. The number of hydrogen-bond acceptors (Lipinski definition) is 4. The van der Waals surface area contributed by atoms with Crippen molar-refractivity contribution in [2.75, 3.05) is 0 Å². The Morgan fingerprint density at radius 1 is 1.33 bits per heavy atom. The van der Waals surface area contributed by atoms with Crippen LogP contribution in [0.5, 0.6) is 5.75 Å². The number of ether oxygens (including phenoxy) is 1. The standard InChI is InChI=1S/C13H14N2O3/c1-9-2-4-11(5-3-9)18-8-10-6-7-17-12(10)13(16)15-14/h2-7H,8,14H2,1H3,(H,15,16). The third kappa shape index (κ3) is 2.70. The molecule has 5 nitrogen and oxygen atoms in total. The van der Waals surface area contributed by atoms with Crippen molar-refractivity contribution in [1.29, 1.82) is 0 Å². The van der Waals surface area contributed by atoms with Gasteiger partial charge in [0, 0.05) is 5.56 Å². The number of aryl methyl sites for hydroxylation is 1. The first-order valence-corrected chi connectivity index (χ1v) is 5.47. The average molecular weight is 246 g/mol. The number of carbonyl (C=O) groups excluding carboxylic acids is 1. The molecule has 1 aromatic carbocycles. The van der Waals surface area contributed by atoms with Gasteiger partial charge in [0.2, 0.25) is 0 Å². The molecule has 1 amide bonds. The van der Waals surface area contributed by atoms with E-state index in [-0.39, 0.29) is 12.4 Å². The van der Waals surface area contributed by atoms with Crippen molar-refractivity contribution in [2.24, 2.45) is 5.84 Å². The molecule has 1 aromatic heterocycles. The fourth-order valence-electron chi connectivity index (χ4n) is 1.51. The molecule has 0 radical (unpaired) electrons. The summed E-state index contributed by atoms with van der Waals surface area (Å²) in [5.74, 6) is 5.49. The molecule has 3 N–H and O–H groups in total. The molecular weight excluding hydrogens is 232 g/mol. The number of furan rings is 1. The molecule has 0 aliphatic heterocycles. The molecule has 0 bridgehead atoms. The van der Waals surface area contributed by atoms with Crippen LogP contribution in [-0.2, 0) is 6.61 Å². The van der Waals surface area contributed by atoms with Crippen molar-refractivity contribution in [1.82, 2.24) is 5.43 Å². The van der Waals surface area contributed by atoms with Crippen molar-refractivity contribution in [2.45, 2.75) is 13.5 Å². The highest BCUT2D eigenvalue weighted by atomic mass is 16.5. The quantitative estimate of drug-likeness (QED) is 0.489. The van der Waals surface area contributed by atoms with Gasteiger partial charge in [0.1, 0.15) is 12.4 Å². The zero-order valence-corrected chi connectivity index (χ0v) is 9.97. The first-order valence-electron chi connectivity index (χ1n) is 5.47. The summed E-state index contributed by atoms with van der Waals surface area (Å²) in [7, 11) is 0. The lowest BCUT2D eigenvalue weighted by Crippen LogP contribution is -2.30.